The molecule has 286 valence electrons. The number of hydrogen-bond acceptors (Lipinski definition) is 6. The van der Waals surface area contributed by atoms with Crippen molar-refractivity contribution in [3.63, 3.8) is 0 Å². The highest BCUT2D eigenvalue weighted by Gasteiger charge is 2.32. The number of nitrogens with two attached hydrogens (primary N) is 1. The van der Waals surface area contributed by atoms with Crippen molar-refractivity contribution in [3.8, 4) is 11.1 Å². The fourth-order valence-corrected chi connectivity index (χ4v) is 6.14. The van der Waals surface area contributed by atoms with Crippen LogP contribution in [0.5, 0.6) is 0 Å². The lowest BCUT2D eigenvalue weighted by molar-refractivity contribution is -0.141. The molecule has 6 N–H and O–H groups in total. The van der Waals surface area contributed by atoms with Crippen molar-refractivity contribution in [3.05, 3.63) is 168 Å². The van der Waals surface area contributed by atoms with Crippen LogP contribution in [0.4, 0.5) is 0 Å². The van der Waals surface area contributed by atoms with Crippen LogP contribution in [-0.4, -0.2) is 59.5 Å². The molecule has 4 unspecified atom stereocenters. The first-order valence-electron chi connectivity index (χ1n) is 18.4. The molecule has 0 saturated carbocycles. The summed E-state index contributed by atoms with van der Waals surface area (Å²) in [5.41, 5.74) is 10.7. The Kier molecular flexibility index (Phi) is 14.4. The van der Waals surface area contributed by atoms with Crippen LogP contribution >= 0.6 is 0 Å². The molecule has 0 aliphatic rings. The molecule has 0 spiro atoms. The van der Waals surface area contributed by atoms with Crippen molar-refractivity contribution in [2.75, 3.05) is 0 Å². The average molecular weight is 752 g/mol. The van der Waals surface area contributed by atoms with Crippen molar-refractivity contribution < 1.29 is 28.8 Å². The molecule has 11 heteroatoms. The van der Waals surface area contributed by atoms with Crippen LogP contribution in [0.15, 0.2) is 146 Å². The molecule has 0 radical (unpaired) electrons. The van der Waals surface area contributed by atoms with Gasteiger partial charge in [0.1, 0.15) is 18.1 Å². The van der Waals surface area contributed by atoms with Crippen molar-refractivity contribution in [1.82, 2.24) is 21.3 Å². The normalized spacial score (nSPS) is 12.9. The first kappa shape index (κ1) is 40.3. The molecule has 11 nitrogen and oxygen atoms in total. The number of carbonyl (C=O) groups excluding carboxylic acids is 6. The second-order valence-corrected chi connectivity index (χ2v) is 13.5. The van der Waals surface area contributed by atoms with Gasteiger partial charge in [0.25, 0.3) is 5.91 Å². The minimum absolute atomic E-state index is 0.00369. The van der Waals surface area contributed by atoms with Gasteiger partial charge in [-0.3, -0.25) is 28.8 Å². The Labute approximate surface area is 326 Å². The monoisotopic (exact) mass is 751 g/mol. The third-order valence-corrected chi connectivity index (χ3v) is 9.18. The summed E-state index contributed by atoms with van der Waals surface area (Å²) in [6, 6.07) is 39.5. The van der Waals surface area contributed by atoms with E-state index in [1.165, 1.54) is 6.92 Å². The molecule has 56 heavy (non-hydrogen) atoms. The van der Waals surface area contributed by atoms with E-state index in [2.05, 4.69) is 21.3 Å². The molecule has 0 saturated heterocycles. The van der Waals surface area contributed by atoms with Crippen LogP contribution in [-0.2, 0) is 54.5 Å². The van der Waals surface area contributed by atoms with Crippen LogP contribution in [0, 0.1) is 0 Å². The highest BCUT2D eigenvalue weighted by molar-refractivity contribution is 6.38. The van der Waals surface area contributed by atoms with E-state index in [-0.39, 0.29) is 25.7 Å². The van der Waals surface area contributed by atoms with Crippen molar-refractivity contribution in [1.29, 1.82) is 0 Å². The number of primary amides is 1. The molecular weight excluding hydrogens is 707 g/mol. The van der Waals surface area contributed by atoms with Crippen LogP contribution in [0.2, 0.25) is 0 Å². The minimum Gasteiger partial charge on any atom is -0.368 e. The predicted molar refractivity (Wildman–Crippen MR) is 214 cm³/mol. The van der Waals surface area contributed by atoms with Crippen molar-refractivity contribution in [2.45, 2.75) is 56.8 Å². The lowest BCUT2D eigenvalue weighted by Crippen LogP contribution is -2.57. The van der Waals surface area contributed by atoms with E-state index < -0.39 is 59.5 Å². The van der Waals surface area contributed by atoms with E-state index >= 15 is 0 Å². The van der Waals surface area contributed by atoms with Crippen LogP contribution in [0.3, 0.4) is 0 Å². The largest absolute Gasteiger partial charge is 0.368 e. The molecule has 4 atom stereocenters. The number of nitrogens with one attached hydrogen (secondary N) is 4. The molecule has 5 rings (SSSR count). The standard InChI is InChI=1S/C45H45N5O6/c1-30(47-43(54)38(27-31-14-6-2-7-15-31)48-40(51)29-33-18-10-4-11-19-33)41(52)45(56)50-39(28-32-16-8-3-9-17-32)44(55)49-37(42(46)53)26-34-22-24-36(25-23-34)35-20-12-5-13-21-35/h2-25,30,37-39H,26-29H2,1H3,(H2,46,53)(H,47,54)(H,48,51)(H,49,55)(H,50,56). The van der Waals surface area contributed by atoms with Gasteiger partial charge in [-0.15, -0.1) is 0 Å². The second kappa shape index (κ2) is 20.0. The zero-order chi connectivity index (χ0) is 39.9. The van der Waals surface area contributed by atoms with Gasteiger partial charge in [0.2, 0.25) is 29.4 Å². The van der Waals surface area contributed by atoms with E-state index in [4.69, 9.17) is 5.73 Å². The summed E-state index contributed by atoms with van der Waals surface area (Å²) < 4.78 is 0. The summed E-state index contributed by atoms with van der Waals surface area (Å²) in [5.74, 6) is -4.68. The molecule has 0 fully saturated rings. The third-order valence-electron chi connectivity index (χ3n) is 9.18. The van der Waals surface area contributed by atoms with Gasteiger partial charge in [-0.2, -0.15) is 0 Å². The molecule has 5 aromatic rings. The zero-order valence-electron chi connectivity index (χ0n) is 31.0. The van der Waals surface area contributed by atoms with E-state index in [9.17, 15) is 28.8 Å². The number of hydrogen-bond donors (Lipinski definition) is 5. The number of amides is 5. The van der Waals surface area contributed by atoms with E-state index in [1.807, 2.05) is 103 Å². The SMILES string of the molecule is CC(NC(=O)C(Cc1ccccc1)NC(=O)Cc1ccccc1)C(=O)C(=O)NC(Cc1ccccc1)C(=O)NC(Cc1ccc(-c2ccccc2)cc1)C(N)=O. The lowest BCUT2D eigenvalue weighted by Gasteiger charge is -2.23. The molecule has 0 aromatic heterocycles. The molecule has 0 heterocycles. The maximum atomic E-state index is 13.7. The number of benzene rings is 5. The molecule has 0 aliphatic heterocycles. The van der Waals surface area contributed by atoms with Gasteiger partial charge in [0.05, 0.1) is 12.5 Å². The fraction of sp³-hybridized carbons (Fsp3) is 0.200. The van der Waals surface area contributed by atoms with Crippen LogP contribution < -0.4 is 27.0 Å². The van der Waals surface area contributed by atoms with Gasteiger partial charge in [-0.25, -0.2) is 0 Å². The fourth-order valence-electron chi connectivity index (χ4n) is 6.14. The first-order chi connectivity index (χ1) is 27.0. The Morgan fingerprint density at radius 3 is 1.39 bits per heavy atom. The smallest absolute Gasteiger partial charge is 0.290 e. The predicted octanol–water partition coefficient (Wildman–Crippen LogP) is 3.64. The van der Waals surface area contributed by atoms with Gasteiger partial charge in [-0.05, 0) is 40.3 Å². The second-order valence-electron chi connectivity index (χ2n) is 13.5. The zero-order valence-corrected chi connectivity index (χ0v) is 31.0. The first-order valence-corrected chi connectivity index (χ1v) is 18.4. The minimum atomic E-state index is -1.32. The maximum Gasteiger partial charge on any atom is 0.290 e. The van der Waals surface area contributed by atoms with Gasteiger partial charge in [0, 0.05) is 19.3 Å². The lowest BCUT2D eigenvalue weighted by atomic mass is 9.99. The summed E-state index contributed by atoms with van der Waals surface area (Å²) in [6.07, 6.45) is 0.266. The van der Waals surface area contributed by atoms with E-state index in [1.54, 1.807) is 42.5 Å². The third kappa shape index (κ3) is 12.1. The Morgan fingerprint density at radius 1 is 0.464 bits per heavy atom. The highest BCUT2D eigenvalue weighted by atomic mass is 16.2. The van der Waals surface area contributed by atoms with Crippen molar-refractivity contribution in [2.24, 2.45) is 5.73 Å². The Hall–Kier alpha value is -6.88. The van der Waals surface area contributed by atoms with E-state index in [0.29, 0.717) is 5.56 Å². The molecule has 0 bridgehead atoms. The summed E-state index contributed by atoms with van der Waals surface area (Å²) in [4.78, 5) is 79.7. The van der Waals surface area contributed by atoms with Gasteiger partial charge in [-0.1, -0.05) is 146 Å². The van der Waals surface area contributed by atoms with Crippen LogP contribution in [0.1, 0.15) is 29.2 Å². The number of ketones is 1. The summed E-state index contributed by atoms with van der Waals surface area (Å²) in [5, 5.41) is 10.5. The number of rotatable bonds is 18. The summed E-state index contributed by atoms with van der Waals surface area (Å²) in [6.45, 7) is 1.35. The highest BCUT2D eigenvalue weighted by Crippen LogP contribution is 2.20. The van der Waals surface area contributed by atoms with Crippen molar-refractivity contribution >= 4 is 35.3 Å². The summed E-state index contributed by atoms with van der Waals surface area (Å²) >= 11 is 0. The summed E-state index contributed by atoms with van der Waals surface area (Å²) in [7, 11) is 0. The number of carbonyl (C=O) groups is 6. The Morgan fingerprint density at radius 2 is 0.875 bits per heavy atom. The average Bonchev–Trinajstić information content (AvgIpc) is 3.21. The topological polar surface area (TPSA) is 177 Å². The molecule has 5 aromatic carbocycles. The van der Waals surface area contributed by atoms with Gasteiger partial charge >= 0.3 is 0 Å². The Balaban J connectivity index is 1.25. The molecular formula is C45H45N5O6. The van der Waals surface area contributed by atoms with Gasteiger partial charge in [0.15, 0.2) is 0 Å². The molecule has 5 amide bonds. The molecule has 0 aliphatic carbocycles. The maximum absolute atomic E-state index is 13.7. The van der Waals surface area contributed by atoms with Crippen LogP contribution in [0.25, 0.3) is 11.1 Å². The number of Topliss-reactive ketones (excluding diaryl/α,β-unsaturated/α-hetero) is 1. The van der Waals surface area contributed by atoms with Gasteiger partial charge < -0.3 is 27.0 Å². The quantitative estimate of drug-likeness (QED) is 0.0855. The Bertz CT molecular complexity index is 2100. The van der Waals surface area contributed by atoms with E-state index in [0.717, 1.165) is 27.8 Å².